The molecule has 0 fully saturated rings. The van der Waals surface area contributed by atoms with Crippen LogP contribution in [0.25, 0.3) is 0 Å². The highest BCUT2D eigenvalue weighted by molar-refractivity contribution is 6.27. The third-order valence-electron chi connectivity index (χ3n) is 3.48. The average Bonchev–Trinajstić information content (AvgIpc) is 2.39. The largest absolute Gasteiger partial charge is 0.302 e. The van der Waals surface area contributed by atoms with E-state index in [-0.39, 0.29) is 5.38 Å². The number of alkyl halides is 1. The van der Waals surface area contributed by atoms with Gasteiger partial charge in [0.2, 0.25) is 0 Å². The molecule has 1 nitrogen and oxygen atoms in total. The second-order valence-electron chi connectivity index (χ2n) is 5.33. The van der Waals surface area contributed by atoms with Gasteiger partial charge in [-0.05, 0) is 6.42 Å². The Morgan fingerprint density at radius 1 is 0.778 bits per heavy atom. The maximum absolute atomic E-state index is 10.3. The molecular formula is C16H31ClO. The molecule has 0 aromatic carbocycles. The minimum Gasteiger partial charge on any atom is -0.302 e. The SMILES string of the molecule is CCCCCCCCCCCCCCC(Cl)C=O. The van der Waals surface area contributed by atoms with E-state index in [4.69, 9.17) is 11.6 Å². The Hall–Kier alpha value is -0.0400. The number of hydrogen-bond acceptors (Lipinski definition) is 1. The van der Waals surface area contributed by atoms with E-state index in [0.717, 1.165) is 19.1 Å². The Morgan fingerprint density at radius 3 is 1.56 bits per heavy atom. The summed E-state index contributed by atoms with van der Waals surface area (Å²) in [4.78, 5) is 10.3. The van der Waals surface area contributed by atoms with Gasteiger partial charge in [0.05, 0.1) is 5.38 Å². The molecule has 2 heteroatoms. The van der Waals surface area contributed by atoms with Gasteiger partial charge in [0.15, 0.2) is 0 Å². The van der Waals surface area contributed by atoms with Gasteiger partial charge < -0.3 is 4.79 Å². The Labute approximate surface area is 119 Å². The molecule has 0 heterocycles. The highest BCUT2D eigenvalue weighted by atomic mass is 35.5. The predicted molar refractivity (Wildman–Crippen MR) is 81.4 cm³/mol. The van der Waals surface area contributed by atoms with Crippen LogP contribution in [0.2, 0.25) is 0 Å². The zero-order valence-electron chi connectivity index (χ0n) is 12.1. The fraction of sp³-hybridized carbons (Fsp3) is 0.938. The van der Waals surface area contributed by atoms with E-state index < -0.39 is 0 Å². The summed E-state index contributed by atoms with van der Waals surface area (Å²) in [6.07, 6.45) is 17.9. The van der Waals surface area contributed by atoms with Crippen molar-refractivity contribution in [3.05, 3.63) is 0 Å². The molecule has 0 aliphatic carbocycles. The number of hydrogen-bond donors (Lipinski definition) is 0. The zero-order valence-corrected chi connectivity index (χ0v) is 12.9. The predicted octanol–water partition coefficient (Wildman–Crippen LogP) is 5.88. The first-order valence-corrected chi connectivity index (χ1v) is 8.34. The van der Waals surface area contributed by atoms with Crippen LogP contribution in [0.15, 0.2) is 0 Å². The van der Waals surface area contributed by atoms with Crippen LogP contribution in [0, 0.1) is 0 Å². The molecule has 0 radical (unpaired) electrons. The van der Waals surface area contributed by atoms with Crippen LogP contribution in [-0.4, -0.2) is 11.7 Å². The first-order chi connectivity index (χ1) is 8.81. The maximum atomic E-state index is 10.3. The third kappa shape index (κ3) is 14.0. The fourth-order valence-electron chi connectivity index (χ4n) is 2.25. The van der Waals surface area contributed by atoms with Gasteiger partial charge in [-0.3, -0.25) is 0 Å². The summed E-state index contributed by atoms with van der Waals surface area (Å²) in [6.45, 7) is 2.27. The van der Waals surface area contributed by atoms with Crippen molar-refractivity contribution >= 4 is 17.9 Å². The molecule has 0 rings (SSSR count). The lowest BCUT2D eigenvalue weighted by atomic mass is 10.0. The van der Waals surface area contributed by atoms with E-state index in [0.29, 0.717) is 0 Å². The minimum atomic E-state index is -0.256. The quantitative estimate of drug-likeness (QED) is 0.219. The summed E-state index contributed by atoms with van der Waals surface area (Å²) in [5, 5.41) is -0.256. The first-order valence-electron chi connectivity index (χ1n) is 7.90. The Kier molecular flexibility index (Phi) is 15.0. The van der Waals surface area contributed by atoms with Gasteiger partial charge in [0, 0.05) is 0 Å². The number of carbonyl (C=O) groups is 1. The molecule has 108 valence electrons. The zero-order chi connectivity index (χ0) is 13.5. The molecule has 0 saturated heterocycles. The molecule has 0 spiro atoms. The monoisotopic (exact) mass is 274 g/mol. The van der Waals surface area contributed by atoms with Gasteiger partial charge in [0.25, 0.3) is 0 Å². The summed E-state index contributed by atoms with van der Waals surface area (Å²) >= 11 is 5.73. The van der Waals surface area contributed by atoms with E-state index in [1.54, 1.807) is 0 Å². The van der Waals surface area contributed by atoms with Crippen LogP contribution in [0.3, 0.4) is 0 Å². The molecular weight excluding hydrogens is 244 g/mol. The van der Waals surface area contributed by atoms with Crippen LogP contribution in [0.4, 0.5) is 0 Å². The number of rotatable bonds is 14. The van der Waals surface area contributed by atoms with Gasteiger partial charge in [-0.1, -0.05) is 84.0 Å². The lowest BCUT2D eigenvalue weighted by molar-refractivity contribution is -0.107. The normalized spacial score (nSPS) is 12.6. The number of unbranched alkanes of at least 4 members (excludes halogenated alkanes) is 11. The molecule has 0 N–H and O–H groups in total. The van der Waals surface area contributed by atoms with Crippen LogP contribution in [0.1, 0.15) is 90.4 Å². The molecule has 0 aromatic rings. The van der Waals surface area contributed by atoms with Crippen molar-refractivity contribution in [2.75, 3.05) is 0 Å². The number of carbonyl (C=O) groups excluding carboxylic acids is 1. The van der Waals surface area contributed by atoms with Crippen molar-refractivity contribution in [2.45, 2.75) is 95.8 Å². The van der Waals surface area contributed by atoms with Crippen molar-refractivity contribution in [1.82, 2.24) is 0 Å². The summed E-state index contributed by atoms with van der Waals surface area (Å²) in [7, 11) is 0. The molecule has 1 atom stereocenters. The van der Waals surface area contributed by atoms with Gasteiger partial charge in [0.1, 0.15) is 6.29 Å². The highest BCUT2D eigenvalue weighted by Crippen LogP contribution is 2.13. The molecule has 0 amide bonds. The lowest BCUT2D eigenvalue weighted by Crippen LogP contribution is -1.98. The van der Waals surface area contributed by atoms with Gasteiger partial charge in [-0.2, -0.15) is 0 Å². The smallest absolute Gasteiger partial charge is 0.137 e. The number of halogens is 1. The van der Waals surface area contributed by atoms with E-state index >= 15 is 0 Å². The van der Waals surface area contributed by atoms with Crippen LogP contribution >= 0.6 is 11.6 Å². The van der Waals surface area contributed by atoms with E-state index in [1.807, 2.05) is 0 Å². The first kappa shape index (κ1) is 18.0. The van der Waals surface area contributed by atoms with E-state index in [2.05, 4.69) is 6.92 Å². The van der Waals surface area contributed by atoms with Gasteiger partial charge in [-0.25, -0.2) is 0 Å². The van der Waals surface area contributed by atoms with E-state index in [1.165, 1.54) is 70.6 Å². The average molecular weight is 275 g/mol. The van der Waals surface area contributed by atoms with Crippen molar-refractivity contribution in [1.29, 1.82) is 0 Å². The maximum Gasteiger partial charge on any atom is 0.137 e. The van der Waals surface area contributed by atoms with Crippen LogP contribution < -0.4 is 0 Å². The second kappa shape index (κ2) is 15.0. The fourth-order valence-corrected chi connectivity index (χ4v) is 2.40. The van der Waals surface area contributed by atoms with Gasteiger partial charge in [-0.15, -0.1) is 11.6 Å². The standard InChI is InChI=1S/C16H31ClO/c1-2-3-4-5-6-7-8-9-10-11-12-13-14-16(17)15-18/h15-16H,2-14H2,1H3. The van der Waals surface area contributed by atoms with Gasteiger partial charge >= 0.3 is 0 Å². The van der Waals surface area contributed by atoms with Crippen molar-refractivity contribution in [3.63, 3.8) is 0 Å². The van der Waals surface area contributed by atoms with Crippen LogP contribution in [-0.2, 0) is 4.79 Å². The van der Waals surface area contributed by atoms with Crippen molar-refractivity contribution < 1.29 is 4.79 Å². The molecule has 0 aromatic heterocycles. The molecule has 0 aliphatic rings. The second-order valence-corrected chi connectivity index (χ2v) is 5.89. The lowest BCUT2D eigenvalue weighted by Gasteiger charge is -2.03. The Balaban J connectivity index is 2.96. The van der Waals surface area contributed by atoms with E-state index in [9.17, 15) is 4.79 Å². The van der Waals surface area contributed by atoms with Crippen LogP contribution in [0.5, 0.6) is 0 Å². The minimum absolute atomic E-state index is 0.256. The van der Waals surface area contributed by atoms with Crippen molar-refractivity contribution in [3.8, 4) is 0 Å². The molecule has 0 bridgehead atoms. The highest BCUT2D eigenvalue weighted by Gasteiger charge is 2.00. The Bertz CT molecular complexity index is 170. The summed E-state index contributed by atoms with van der Waals surface area (Å²) in [5.74, 6) is 0. The molecule has 0 saturated carbocycles. The third-order valence-corrected chi connectivity index (χ3v) is 3.80. The molecule has 0 aliphatic heterocycles. The summed E-state index contributed by atoms with van der Waals surface area (Å²) in [6, 6.07) is 0. The summed E-state index contributed by atoms with van der Waals surface area (Å²) < 4.78 is 0. The molecule has 18 heavy (non-hydrogen) atoms. The Morgan fingerprint density at radius 2 is 1.17 bits per heavy atom. The van der Waals surface area contributed by atoms with Crippen molar-refractivity contribution in [2.24, 2.45) is 0 Å². The molecule has 1 unspecified atom stereocenters. The summed E-state index contributed by atoms with van der Waals surface area (Å²) in [5.41, 5.74) is 0. The topological polar surface area (TPSA) is 17.1 Å². The number of aldehydes is 1.